The number of Topliss-reactive ketones (excluding diaryl/α,β-unsaturated/α-hetero) is 1. The third kappa shape index (κ3) is 3.46. The third-order valence-electron chi connectivity index (χ3n) is 4.61. The minimum Gasteiger partial charge on any atom is -0.300 e. The maximum Gasteiger partial charge on any atom is 0.131 e. The first-order chi connectivity index (χ1) is 11.2. The Hall–Kier alpha value is -1.86. The molecular formula is C20H26N2OSi. The lowest BCUT2D eigenvalue weighted by molar-refractivity contribution is -0.118. The summed E-state index contributed by atoms with van der Waals surface area (Å²) < 4.78 is 2.00. The predicted molar refractivity (Wildman–Crippen MR) is 101 cm³/mol. The number of ketones is 1. The fraction of sp³-hybridized carbons (Fsp3) is 0.500. The second-order valence-electron chi connectivity index (χ2n) is 8.30. The number of carbonyl (C=O) groups excluding carboxylic acids is 1. The fourth-order valence-corrected chi connectivity index (χ4v) is 4.17. The largest absolute Gasteiger partial charge is 0.300 e. The van der Waals surface area contributed by atoms with Crippen LogP contribution in [0.5, 0.6) is 0 Å². The zero-order valence-corrected chi connectivity index (χ0v) is 16.4. The van der Waals surface area contributed by atoms with Crippen molar-refractivity contribution in [2.24, 2.45) is 5.41 Å². The van der Waals surface area contributed by atoms with Gasteiger partial charge in [0.1, 0.15) is 13.9 Å². The molecule has 24 heavy (non-hydrogen) atoms. The van der Waals surface area contributed by atoms with Gasteiger partial charge in [-0.3, -0.25) is 4.79 Å². The molecular weight excluding hydrogens is 312 g/mol. The molecule has 4 heteroatoms. The minimum absolute atomic E-state index is 0.215. The van der Waals surface area contributed by atoms with Crippen molar-refractivity contribution in [2.45, 2.75) is 59.2 Å². The van der Waals surface area contributed by atoms with E-state index in [2.05, 4.69) is 56.4 Å². The Morgan fingerprint density at radius 1 is 1.38 bits per heavy atom. The highest BCUT2D eigenvalue weighted by Crippen LogP contribution is 2.39. The fourth-order valence-electron chi connectivity index (χ4n) is 3.53. The molecule has 1 aliphatic carbocycles. The van der Waals surface area contributed by atoms with E-state index in [1.54, 1.807) is 6.92 Å². The molecule has 0 fully saturated rings. The maximum atomic E-state index is 11.9. The first-order valence-electron chi connectivity index (χ1n) is 8.68. The SMILES string of the molecule is CC(=O)CC1(C#C[Si](C)(C)C)CCc2nn3cc(C)ccc3c2C1. The minimum atomic E-state index is -1.47. The van der Waals surface area contributed by atoms with Gasteiger partial charge in [0.15, 0.2) is 0 Å². The van der Waals surface area contributed by atoms with E-state index in [4.69, 9.17) is 5.10 Å². The zero-order valence-electron chi connectivity index (χ0n) is 15.4. The predicted octanol–water partition coefficient (Wildman–Crippen LogP) is 3.98. The van der Waals surface area contributed by atoms with Gasteiger partial charge in [-0.05, 0) is 44.7 Å². The van der Waals surface area contributed by atoms with Gasteiger partial charge >= 0.3 is 0 Å². The molecule has 0 amide bonds. The Morgan fingerprint density at radius 3 is 2.79 bits per heavy atom. The molecule has 1 unspecified atom stereocenters. The van der Waals surface area contributed by atoms with Gasteiger partial charge in [-0.25, -0.2) is 4.52 Å². The Labute approximate surface area is 145 Å². The van der Waals surface area contributed by atoms with Gasteiger partial charge in [0.25, 0.3) is 0 Å². The maximum absolute atomic E-state index is 11.9. The quantitative estimate of drug-likeness (QED) is 0.613. The average Bonchev–Trinajstić information content (AvgIpc) is 2.80. The monoisotopic (exact) mass is 338 g/mol. The van der Waals surface area contributed by atoms with Crippen molar-refractivity contribution in [1.29, 1.82) is 0 Å². The third-order valence-corrected chi connectivity index (χ3v) is 5.48. The summed E-state index contributed by atoms with van der Waals surface area (Å²) in [4.78, 5) is 11.9. The first kappa shape index (κ1) is 17.0. The van der Waals surface area contributed by atoms with Crippen LogP contribution >= 0.6 is 0 Å². The summed E-state index contributed by atoms with van der Waals surface area (Å²) in [5.74, 6) is 3.80. The summed E-state index contributed by atoms with van der Waals surface area (Å²) in [6.45, 7) is 10.5. The van der Waals surface area contributed by atoms with Gasteiger partial charge < -0.3 is 0 Å². The van der Waals surface area contributed by atoms with Crippen LogP contribution in [0.1, 0.15) is 36.6 Å². The van der Waals surface area contributed by atoms with Gasteiger partial charge in [-0.15, -0.1) is 11.5 Å². The molecule has 2 aromatic rings. The molecule has 2 heterocycles. The van der Waals surface area contributed by atoms with Crippen molar-refractivity contribution in [2.75, 3.05) is 0 Å². The molecule has 0 saturated carbocycles. The Morgan fingerprint density at radius 2 is 2.12 bits per heavy atom. The Kier molecular flexibility index (Phi) is 4.17. The normalized spacial score (nSPS) is 20.4. The number of aryl methyl sites for hydroxylation is 2. The lowest BCUT2D eigenvalue weighted by atomic mass is 9.71. The van der Waals surface area contributed by atoms with E-state index in [9.17, 15) is 4.79 Å². The van der Waals surface area contributed by atoms with E-state index in [1.807, 2.05) is 4.52 Å². The standard InChI is InChI=1S/C20H26N2OSi/c1-15-6-7-19-17-13-20(12-16(2)23,10-11-24(3,4)5)9-8-18(17)21-22(19)14-15/h6-7,14H,8-9,12-13H2,1-5H3. The molecule has 0 bridgehead atoms. The van der Waals surface area contributed by atoms with Crippen molar-refractivity contribution in [1.82, 2.24) is 9.61 Å². The van der Waals surface area contributed by atoms with Crippen molar-refractivity contribution in [3.63, 3.8) is 0 Å². The van der Waals surface area contributed by atoms with Gasteiger partial charge in [0, 0.05) is 23.6 Å². The summed E-state index contributed by atoms with van der Waals surface area (Å²) in [5.41, 5.74) is 8.14. The second kappa shape index (κ2) is 5.89. The molecule has 3 rings (SSSR count). The summed E-state index contributed by atoms with van der Waals surface area (Å²) in [6.07, 6.45) is 5.30. The number of hydrogen-bond acceptors (Lipinski definition) is 2. The highest BCUT2D eigenvalue weighted by molar-refractivity contribution is 6.83. The summed E-state index contributed by atoms with van der Waals surface area (Å²) in [5, 5.41) is 4.76. The van der Waals surface area contributed by atoms with Crippen LogP contribution in [0.25, 0.3) is 5.52 Å². The van der Waals surface area contributed by atoms with Crippen LogP contribution in [0.15, 0.2) is 18.3 Å². The van der Waals surface area contributed by atoms with Crippen LogP contribution in [0.2, 0.25) is 19.6 Å². The molecule has 1 atom stereocenters. The van der Waals surface area contributed by atoms with Crippen molar-refractivity contribution >= 4 is 19.4 Å². The summed E-state index contributed by atoms with van der Waals surface area (Å²) in [6, 6.07) is 4.28. The van der Waals surface area contributed by atoms with Gasteiger partial charge in [0.05, 0.1) is 11.2 Å². The number of nitrogens with zero attached hydrogens (tertiary/aromatic N) is 2. The highest BCUT2D eigenvalue weighted by Gasteiger charge is 2.36. The number of fused-ring (bicyclic) bond motifs is 3. The van der Waals surface area contributed by atoms with E-state index < -0.39 is 8.07 Å². The van der Waals surface area contributed by atoms with E-state index in [0.717, 1.165) is 24.8 Å². The van der Waals surface area contributed by atoms with Crippen LogP contribution < -0.4 is 0 Å². The van der Waals surface area contributed by atoms with Crippen LogP contribution in [-0.2, 0) is 17.6 Å². The Bertz CT molecular complexity index is 863. The zero-order chi connectivity index (χ0) is 17.5. The molecule has 2 aromatic heterocycles. The smallest absolute Gasteiger partial charge is 0.131 e. The van der Waals surface area contributed by atoms with Crippen LogP contribution in [-0.4, -0.2) is 23.5 Å². The van der Waals surface area contributed by atoms with Crippen LogP contribution in [0, 0.1) is 23.8 Å². The van der Waals surface area contributed by atoms with E-state index >= 15 is 0 Å². The van der Waals surface area contributed by atoms with Crippen LogP contribution in [0.4, 0.5) is 0 Å². The van der Waals surface area contributed by atoms with Gasteiger partial charge in [0.2, 0.25) is 0 Å². The van der Waals surface area contributed by atoms with E-state index in [-0.39, 0.29) is 11.2 Å². The first-order valence-corrected chi connectivity index (χ1v) is 12.2. The molecule has 3 nitrogen and oxygen atoms in total. The number of hydrogen-bond donors (Lipinski definition) is 0. The molecule has 0 radical (unpaired) electrons. The van der Waals surface area contributed by atoms with Gasteiger partial charge in [-0.2, -0.15) is 5.10 Å². The summed E-state index contributed by atoms with van der Waals surface area (Å²) in [7, 11) is -1.47. The molecule has 1 aliphatic rings. The summed E-state index contributed by atoms with van der Waals surface area (Å²) >= 11 is 0. The average molecular weight is 339 g/mol. The van der Waals surface area contributed by atoms with Crippen LogP contribution in [0.3, 0.4) is 0 Å². The molecule has 0 N–H and O–H groups in total. The number of pyridine rings is 1. The number of rotatable bonds is 2. The topological polar surface area (TPSA) is 34.4 Å². The highest BCUT2D eigenvalue weighted by atomic mass is 28.3. The molecule has 0 spiro atoms. The van der Waals surface area contributed by atoms with Crippen molar-refractivity contribution in [3.8, 4) is 11.5 Å². The number of carbonyl (C=O) groups is 1. The molecule has 126 valence electrons. The van der Waals surface area contributed by atoms with Crippen molar-refractivity contribution < 1.29 is 4.79 Å². The molecule has 0 saturated heterocycles. The lowest BCUT2D eigenvalue weighted by Crippen LogP contribution is -2.30. The Balaban J connectivity index is 2.06. The molecule has 0 aliphatic heterocycles. The second-order valence-corrected chi connectivity index (χ2v) is 13.0. The lowest BCUT2D eigenvalue weighted by Gasteiger charge is -2.32. The van der Waals surface area contributed by atoms with Gasteiger partial charge in [-0.1, -0.05) is 25.7 Å². The molecule has 0 aromatic carbocycles. The number of aromatic nitrogens is 2. The van der Waals surface area contributed by atoms with E-state index in [1.165, 1.54) is 16.8 Å². The van der Waals surface area contributed by atoms with E-state index in [0.29, 0.717) is 6.42 Å². The van der Waals surface area contributed by atoms with Crippen molar-refractivity contribution in [3.05, 3.63) is 35.2 Å².